The van der Waals surface area contributed by atoms with Gasteiger partial charge in [0.1, 0.15) is 11.5 Å². The number of aryl methyl sites for hydroxylation is 1. The van der Waals surface area contributed by atoms with Crippen LogP contribution in [0.15, 0.2) is 45.8 Å². The third kappa shape index (κ3) is 4.14. The van der Waals surface area contributed by atoms with E-state index in [1.165, 1.54) is 32.3 Å². The van der Waals surface area contributed by atoms with Crippen molar-refractivity contribution in [3.8, 4) is 11.4 Å². The molecule has 30 heavy (non-hydrogen) atoms. The van der Waals surface area contributed by atoms with E-state index in [1.54, 1.807) is 19.1 Å². The van der Waals surface area contributed by atoms with Crippen LogP contribution in [0.5, 0.6) is 0 Å². The summed E-state index contributed by atoms with van der Waals surface area (Å²) in [5.41, 5.74) is 0.672. The highest BCUT2D eigenvalue weighted by Gasteiger charge is 2.26. The minimum atomic E-state index is -4.07. The fourth-order valence-corrected chi connectivity index (χ4v) is 3.80. The number of benzene rings is 2. The van der Waals surface area contributed by atoms with E-state index in [-0.39, 0.29) is 34.5 Å². The number of nitro groups is 1. The Morgan fingerprint density at radius 2 is 2.00 bits per heavy atom. The number of hydrogen-bond donors (Lipinski definition) is 1. The van der Waals surface area contributed by atoms with Gasteiger partial charge in [0, 0.05) is 25.7 Å². The molecule has 10 nitrogen and oxygen atoms in total. The third-order valence-corrected chi connectivity index (χ3v) is 6.20. The first-order valence-corrected chi connectivity index (χ1v) is 10.1. The van der Waals surface area contributed by atoms with E-state index < -0.39 is 20.8 Å². The molecular weight excluding hydrogens is 417 g/mol. The first-order valence-electron chi connectivity index (χ1n) is 8.65. The van der Waals surface area contributed by atoms with Crippen molar-refractivity contribution in [1.29, 1.82) is 0 Å². The Kier molecular flexibility index (Phi) is 5.80. The Hall–Kier alpha value is -3.38. The number of rotatable bonds is 7. The molecule has 0 unspecified atom stereocenters. The maximum absolute atomic E-state index is 13.7. The van der Waals surface area contributed by atoms with E-state index >= 15 is 0 Å². The molecule has 0 fully saturated rings. The van der Waals surface area contributed by atoms with Gasteiger partial charge in [0.15, 0.2) is 0 Å². The van der Waals surface area contributed by atoms with Crippen molar-refractivity contribution in [2.45, 2.75) is 18.4 Å². The van der Waals surface area contributed by atoms with Crippen LogP contribution in [0.2, 0.25) is 0 Å². The lowest BCUT2D eigenvalue weighted by atomic mass is 10.1. The van der Waals surface area contributed by atoms with Gasteiger partial charge in [-0.1, -0.05) is 17.3 Å². The lowest BCUT2D eigenvalue weighted by Crippen LogP contribution is -2.26. The molecule has 3 rings (SSSR count). The average molecular weight is 435 g/mol. The van der Waals surface area contributed by atoms with Crippen LogP contribution in [0, 0.1) is 22.9 Å². The Bertz CT molecular complexity index is 1210. The Labute approximate surface area is 171 Å². The Morgan fingerprint density at radius 1 is 1.27 bits per heavy atom. The van der Waals surface area contributed by atoms with Gasteiger partial charge >= 0.3 is 0 Å². The van der Waals surface area contributed by atoms with E-state index in [2.05, 4.69) is 15.5 Å². The molecule has 158 valence electrons. The lowest BCUT2D eigenvalue weighted by Gasteiger charge is -2.15. The molecule has 0 radical (unpaired) electrons. The van der Waals surface area contributed by atoms with Crippen molar-refractivity contribution in [3.05, 3.63) is 63.8 Å². The highest BCUT2D eigenvalue weighted by Crippen LogP contribution is 2.29. The van der Waals surface area contributed by atoms with Gasteiger partial charge in [-0.25, -0.2) is 12.8 Å². The number of sulfonamides is 1. The van der Waals surface area contributed by atoms with Crippen LogP contribution in [0.3, 0.4) is 0 Å². The maximum atomic E-state index is 13.7. The van der Waals surface area contributed by atoms with Gasteiger partial charge in [0.05, 0.1) is 16.4 Å². The average Bonchev–Trinajstić information content (AvgIpc) is 3.17. The fourth-order valence-electron chi connectivity index (χ4n) is 2.66. The van der Waals surface area contributed by atoms with E-state index in [0.717, 1.165) is 10.4 Å². The SMILES string of the molecule is CNc1ccc(S(=O)(=O)N(C)Cc2nc(-c3ccc(C)c(F)c3)no2)cc1[N+](=O)[O-]. The van der Waals surface area contributed by atoms with Crippen molar-refractivity contribution in [2.24, 2.45) is 0 Å². The fraction of sp³-hybridized carbons (Fsp3) is 0.222. The van der Waals surface area contributed by atoms with Crippen molar-refractivity contribution in [3.63, 3.8) is 0 Å². The molecule has 0 bridgehead atoms. The van der Waals surface area contributed by atoms with Crippen LogP contribution in [-0.4, -0.2) is 41.9 Å². The number of aromatic nitrogens is 2. The van der Waals surface area contributed by atoms with Crippen molar-refractivity contribution >= 4 is 21.4 Å². The van der Waals surface area contributed by atoms with Gasteiger partial charge in [0.2, 0.25) is 21.7 Å². The number of halogens is 1. The second kappa shape index (κ2) is 8.16. The van der Waals surface area contributed by atoms with Gasteiger partial charge in [-0.2, -0.15) is 9.29 Å². The molecular formula is C18H18FN5O5S. The summed E-state index contributed by atoms with van der Waals surface area (Å²) >= 11 is 0. The summed E-state index contributed by atoms with van der Waals surface area (Å²) in [6, 6.07) is 8.00. The van der Waals surface area contributed by atoms with Crippen LogP contribution in [0.1, 0.15) is 11.5 Å². The number of nitrogens with zero attached hydrogens (tertiary/aromatic N) is 4. The quantitative estimate of drug-likeness (QED) is 0.443. The zero-order chi connectivity index (χ0) is 22.1. The van der Waals surface area contributed by atoms with Crippen LogP contribution in [0.4, 0.5) is 15.8 Å². The van der Waals surface area contributed by atoms with Gasteiger partial charge in [-0.05, 0) is 30.7 Å². The molecule has 0 saturated heterocycles. The molecule has 0 aliphatic carbocycles. The highest BCUT2D eigenvalue weighted by atomic mass is 32.2. The lowest BCUT2D eigenvalue weighted by molar-refractivity contribution is -0.384. The predicted octanol–water partition coefficient (Wildman–Crippen LogP) is 2.95. The zero-order valence-electron chi connectivity index (χ0n) is 16.3. The van der Waals surface area contributed by atoms with Gasteiger partial charge in [-0.15, -0.1) is 0 Å². The molecule has 0 spiro atoms. The van der Waals surface area contributed by atoms with E-state index in [0.29, 0.717) is 11.1 Å². The molecule has 0 atom stereocenters. The normalized spacial score (nSPS) is 11.6. The first kappa shape index (κ1) is 21.3. The Morgan fingerprint density at radius 3 is 2.63 bits per heavy atom. The second-order valence-corrected chi connectivity index (χ2v) is 8.47. The molecule has 0 aliphatic heterocycles. The van der Waals surface area contributed by atoms with Crippen LogP contribution in [0.25, 0.3) is 11.4 Å². The number of nitrogens with one attached hydrogen (secondary N) is 1. The summed E-state index contributed by atoms with van der Waals surface area (Å²) in [6.45, 7) is 1.35. The maximum Gasteiger partial charge on any atom is 0.293 e. The molecule has 1 N–H and O–H groups in total. The highest BCUT2D eigenvalue weighted by molar-refractivity contribution is 7.89. The third-order valence-electron chi connectivity index (χ3n) is 4.40. The molecule has 3 aromatic rings. The van der Waals surface area contributed by atoms with Crippen molar-refractivity contribution < 1.29 is 22.3 Å². The minimum absolute atomic E-state index is 0.0154. The minimum Gasteiger partial charge on any atom is -0.383 e. The van der Waals surface area contributed by atoms with E-state index in [9.17, 15) is 22.9 Å². The summed E-state index contributed by atoms with van der Waals surface area (Å²) < 4.78 is 45.4. The number of anilines is 1. The molecule has 0 amide bonds. The zero-order valence-corrected chi connectivity index (χ0v) is 17.1. The molecule has 1 heterocycles. The summed E-state index contributed by atoms with van der Waals surface area (Å²) in [5.74, 6) is -0.327. The van der Waals surface area contributed by atoms with E-state index in [4.69, 9.17) is 4.52 Å². The number of hydrogen-bond acceptors (Lipinski definition) is 8. The first-order chi connectivity index (χ1) is 14.1. The Balaban J connectivity index is 1.84. The smallest absolute Gasteiger partial charge is 0.293 e. The van der Waals surface area contributed by atoms with Gasteiger partial charge in [0.25, 0.3) is 5.69 Å². The van der Waals surface area contributed by atoms with E-state index in [1.807, 2.05) is 0 Å². The van der Waals surface area contributed by atoms with Gasteiger partial charge in [-0.3, -0.25) is 10.1 Å². The van der Waals surface area contributed by atoms with Crippen molar-refractivity contribution in [1.82, 2.24) is 14.4 Å². The second-order valence-electron chi connectivity index (χ2n) is 6.42. The summed E-state index contributed by atoms with van der Waals surface area (Å²) in [5, 5.41) is 17.6. The summed E-state index contributed by atoms with van der Waals surface area (Å²) in [6.07, 6.45) is 0. The van der Waals surface area contributed by atoms with Gasteiger partial charge < -0.3 is 9.84 Å². The molecule has 12 heteroatoms. The predicted molar refractivity (Wildman–Crippen MR) is 106 cm³/mol. The van der Waals surface area contributed by atoms with Crippen LogP contribution in [-0.2, 0) is 16.6 Å². The monoisotopic (exact) mass is 435 g/mol. The summed E-state index contributed by atoms with van der Waals surface area (Å²) in [7, 11) is -1.30. The molecule has 1 aromatic heterocycles. The van der Waals surface area contributed by atoms with Crippen molar-refractivity contribution in [2.75, 3.05) is 19.4 Å². The van der Waals surface area contributed by atoms with Crippen LogP contribution >= 0.6 is 0 Å². The largest absolute Gasteiger partial charge is 0.383 e. The molecule has 0 saturated carbocycles. The number of nitro benzene ring substituents is 1. The molecule has 0 aliphatic rings. The molecule has 2 aromatic carbocycles. The topological polar surface area (TPSA) is 131 Å². The van der Waals surface area contributed by atoms with Crippen LogP contribution < -0.4 is 5.32 Å². The standard InChI is InChI=1S/C18H18FN5O5S/c1-11-4-5-12(8-14(11)19)18-21-17(29-22-18)10-23(3)30(27,28)13-6-7-15(20-2)16(9-13)24(25)26/h4-9,20H,10H2,1-3H3. The summed E-state index contributed by atoms with van der Waals surface area (Å²) in [4.78, 5) is 14.4.